The Balaban J connectivity index is 1.52. The van der Waals surface area contributed by atoms with Gasteiger partial charge < -0.3 is 30.3 Å². The quantitative estimate of drug-likeness (QED) is 0.246. The molecular weight excluding hydrogens is 514 g/mol. The van der Waals surface area contributed by atoms with Crippen molar-refractivity contribution in [2.24, 2.45) is 5.73 Å². The van der Waals surface area contributed by atoms with Gasteiger partial charge in [-0.1, -0.05) is 60.7 Å². The molecule has 10 heteroatoms. The topological polar surface area (TPSA) is 150 Å². The maximum Gasteiger partial charge on any atom is 0.408 e. The Labute approximate surface area is 230 Å². The molecule has 4 N–H and O–H groups in total. The molecule has 206 valence electrons. The van der Waals surface area contributed by atoms with Gasteiger partial charge in [0.05, 0.1) is 7.11 Å². The van der Waals surface area contributed by atoms with E-state index in [4.69, 9.17) is 19.6 Å². The van der Waals surface area contributed by atoms with Gasteiger partial charge in [0.25, 0.3) is 0 Å². The van der Waals surface area contributed by atoms with Crippen LogP contribution in [0.2, 0.25) is 0 Å². The summed E-state index contributed by atoms with van der Waals surface area (Å²) in [7, 11) is 1.49. The first-order chi connectivity index (χ1) is 19.3. The van der Waals surface area contributed by atoms with Crippen molar-refractivity contribution >= 4 is 28.9 Å². The summed E-state index contributed by atoms with van der Waals surface area (Å²) >= 11 is 0. The molecular formula is C30H29N3O7. The molecule has 0 unspecified atom stereocenters. The molecule has 4 aromatic rings. The van der Waals surface area contributed by atoms with Crippen molar-refractivity contribution in [1.82, 2.24) is 10.6 Å². The van der Waals surface area contributed by atoms with E-state index in [9.17, 15) is 19.2 Å². The van der Waals surface area contributed by atoms with Crippen molar-refractivity contribution in [2.45, 2.75) is 31.5 Å². The summed E-state index contributed by atoms with van der Waals surface area (Å²) in [6.07, 6.45) is -0.737. The van der Waals surface area contributed by atoms with E-state index >= 15 is 0 Å². The van der Waals surface area contributed by atoms with Gasteiger partial charge >= 0.3 is 11.7 Å². The lowest BCUT2D eigenvalue weighted by Gasteiger charge is -2.22. The number of carbonyl (C=O) groups is 3. The fourth-order valence-electron chi connectivity index (χ4n) is 4.19. The number of nitrogens with two attached hydrogens (primary N) is 1. The van der Waals surface area contributed by atoms with Crippen LogP contribution in [0.4, 0.5) is 4.79 Å². The predicted molar refractivity (Wildman–Crippen MR) is 148 cm³/mol. The molecule has 40 heavy (non-hydrogen) atoms. The van der Waals surface area contributed by atoms with Gasteiger partial charge in [0, 0.05) is 30.4 Å². The molecule has 0 fully saturated rings. The van der Waals surface area contributed by atoms with Gasteiger partial charge in [-0.15, -0.1) is 0 Å². The monoisotopic (exact) mass is 543 g/mol. The number of primary amides is 1. The highest BCUT2D eigenvalue weighted by Gasteiger charge is 2.27. The predicted octanol–water partition coefficient (Wildman–Crippen LogP) is 2.85. The first-order valence-electron chi connectivity index (χ1n) is 12.5. The van der Waals surface area contributed by atoms with Gasteiger partial charge in [0.2, 0.25) is 11.8 Å². The Morgan fingerprint density at radius 1 is 0.850 bits per heavy atom. The Kier molecular flexibility index (Phi) is 9.14. The molecule has 0 aliphatic heterocycles. The standard InChI is InChI=1S/C30H29N3O7/c1-38-22-12-13-23-21(16-27(34)40-26(23)17-22)15-24(28(31)35)32-29(36)25(14-19-8-4-2-5-9-19)33-30(37)39-18-20-10-6-3-7-11-20/h2-13,16-17,24-25H,14-15,18H2,1H3,(H2,31,35)(H,32,36)(H,33,37)/t24-,25+/m0/s1. The molecule has 0 aliphatic carbocycles. The largest absolute Gasteiger partial charge is 0.497 e. The molecule has 3 aromatic carbocycles. The minimum atomic E-state index is -1.18. The molecule has 0 bridgehead atoms. The lowest BCUT2D eigenvalue weighted by Crippen LogP contribution is -2.54. The Morgan fingerprint density at radius 2 is 1.52 bits per heavy atom. The third-order valence-electron chi connectivity index (χ3n) is 6.23. The number of benzene rings is 3. The zero-order chi connectivity index (χ0) is 28.5. The average Bonchev–Trinajstić information content (AvgIpc) is 2.95. The number of rotatable bonds is 11. The molecule has 2 atom stereocenters. The van der Waals surface area contributed by atoms with Crippen LogP contribution in [0, 0.1) is 0 Å². The van der Waals surface area contributed by atoms with E-state index in [0.717, 1.165) is 11.1 Å². The van der Waals surface area contributed by atoms with Crippen molar-refractivity contribution < 1.29 is 28.3 Å². The summed E-state index contributed by atoms with van der Waals surface area (Å²) in [6.45, 7) is 0.0186. The third kappa shape index (κ3) is 7.47. The number of ether oxygens (including phenoxy) is 2. The van der Waals surface area contributed by atoms with Gasteiger partial charge in [-0.2, -0.15) is 0 Å². The lowest BCUT2D eigenvalue weighted by atomic mass is 10.0. The molecule has 1 heterocycles. The minimum Gasteiger partial charge on any atom is -0.497 e. The van der Waals surface area contributed by atoms with E-state index in [2.05, 4.69) is 10.6 Å². The second-order valence-corrected chi connectivity index (χ2v) is 9.07. The summed E-state index contributed by atoms with van der Waals surface area (Å²) < 4.78 is 15.8. The van der Waals surface area contributed by atoms with Crippen molar-refractivity contribution in [3.05, 3.63) is 112 Å². The van der Waals surface area contributed by atoms with E-state index in [0.29, 0.717) is 16.7 Å². The number of hydrogen-bond acceptors (Lipinski definition) is 7. The lowest BCUT2D eigenvalue weighted by molar-refractivity contribution is -0.128. The number of fused-ring (bicyclic) bond motifs is 1. The number of nitrogens with one attached hydrogen (secondary N) is 2. The first kappa shape index (κ1) is 27.9. The van der Waals surface area contributed by atoms with Crippen LogP contribution in [-0.4, -0.2) is 37.1 Å². The van der Waals surface area contributed by atoms with Crippen molar-refractivity contribution in [3.63, 3.8) is 0 Å². The van der Waals surface area contributed by atoms with Crippen molar-refractivity contribution in [2.75, 3.05) is 7.11 Å². The van der Waals surface area contributed by atoms with E-state index in [1.807, 2.05) is 60.7 Å². The number of amides is 3. The maximum absolute atomic E-state index is 13.4. The normalized spacial score (nSPS) is 12.2. The fraction of sp³-hybridized carbons (Fsp3) is 0.200. The molecule has 4 rings (SSSR count). The first-order valence-corrected chi connectivity index (χ1v) is 12.5. The van der Waals surface area contributed by atoms with Crippen LogP contribution in [0.15, 0.2) is 94.1 Å². The van der Waals surface area contributed by atoms with Crippen LogP contribution >= 0.6 is 0 Å². The van der Waals surface area contributed by atoms with Crippen molar-refractivity contribution in [1.29, 1.82) is 0 Å². The summed E-state index contributed by atoms with van der Waals surface area (Å²) in [6, 6.07) is 22.1. The Morgan fingerprint density at radius 3 is 2.17 bits per heavy atom. The zero-order valence-electron chi connectivity index (χ0n) is 21.8. The van der Waals surface area contributed by atoms with Crippen LogP contribution in [0.25, 0.3) is 11.0 Å². The number of methoxy groups -OCH3 is 1. The number of carbonyl (C=O) groups excluding carboxylic acids is 3. The van der Waals surface area contributed by atoms with Crippen LogP contribution in [0.3, 0.4) is 0 Å². The van der Waals surface area contributed by atoms with E-state index in [1.165, 1.54) is 13.2 Å². The SMILES string of the molecule is COc1ccc2c(C[C@H](NC(=O)[C@@H](Cc3ccccc3)NC(=O)OCc3ccccc3)C(N)=O)cc(=O)oc2c1. The fourth-order valence-corrected chi connectivity index (χ4v) is 4.19. The summed E-state index contributed by atoms with van der Waals surface area (Å²) in [5.41, 5.74) is 7.29. The molecule has 1 aromatic heterocycles. The highest BCUT2D eigenvalue weighted by atomic mass is 16.5. The van der Waals surface area contributed by atoms with Gasteiger partial charge in [0.15, 0.2) is 0 Å². The van der Waals surface area contributed by atoms with Crippen LogP contribution in [0.1, 0.15) is 16.7 Å². The molecule has 0 radical (unpaired) electrons. The second-order valence-electron chi connectivity index (χ2n) is 9.07. The van der Waals surface area contributed by atoms with Gasteiger partial charge in [-0.3, -0.25) is 9.59 Å². The third-order valence-corrected chi connectivity index (χ3v) is 6.23. The summed E-state index contributed by atoms with van der Waals surface area (Å²) in [4.78, 5) is 50.6. The van der Waals surface area contributed by atoms with Gasteiger partial charge in [0.1, 0.15) is 30.0 Å². The average molecular weight is 544 g/mol. The van der Waals surface area contributed by atoms with Crippen LogP contribution < -0.4 is 26.7 Å². The Bertz CT molecular complexity index is 1540. The second kappa shape index (κ2) is 13.1. The van der Waals surface area contributed by atoms with Crippen molar-refractivity contribution in [3.8, 4) is 5.75 Å². The summed E-state index contributed by atoms with van der Waals surface area (Å²) in [5, 5.41) is 5.78. The van der Waals surface area contributed by atoms with E-state index in [1.54, 1.807) is 18.2 Å². The highest BCUT2D eigenvalue weighted by molar-refractivity contribution is 5.91. The molecule has 0 saturated carbocycles. The molecule has 0 saturated heterocycles. The molecule has 0 spiro atoms. The summed E-state index contributed by atoms with van der Waals surface area (Å²) in [5.74, 6) is -0.965. The van der Waals surface area contributed by atoms with E-state index < -0.39 is 35.6 Å². The van der Waals surface area contributed by atoms with Gasteiger partial charge in [-0.05, 0) is 28.8 Å². The zero-order valence-corrected chi connectivity index (χ0v) is 21.8. The molecule has 0 aliphatic rings. The molecule has 10 nitrogen and oxygen atoms in total. The van der Waals surface area contributed by atoms with Gasteiger partial charge in [-0.25, -0.2) is 9.59 Å². The number of hydrogen-bond donors (Lipinski definition) is 3. The maximum atomic E-state index is 13.4. The Hall–Kier alpha value is -5.12. The number of alkyl carbamates (subject to hydrolysis) is 1. The highest BCUT2D eigenvalue weighted by Crippen LogP contribution is 2.23. The van der Waals surface area contributed by atoms with E-state index in [-0.39, 0.29) is 25.0 Å². The minimum absolute atomic E-state index is 0.0186. The molecule has 3 amide bonds. The smallest absolute Gasteiger partial charge is 0.408 e. The van der Waals surface area contributed by atoms with Crippen LogP contribution in [-0.2, 0) is 33.8 Å². The van der Waals surface area contributed by atoms with Crippen LogP contribution in [0.5, 0.6) is 5.75 Å².